The molecule has 1 aliphatic rings. The van der Waals surface area contributed by atoms with Crippen LogP contribution in [0.15, 0.2) is 48.0 Å². The van der Waals surface area contributed by atoms with E-state index in [1.54, 1.807) is 6.07 Å². The number of Topliss-reactive ketones (excluding diaryl/α,β-unsaturated/α-hetero) is 1. The highest BCUT2D eigenvalue weighted by atomic mass is 35.5. The van der Waals surface area contributed by atoms with Gasteiger partial charge >= 0.3 is 5.91 Å². The number of halogens is 2. The van der Waals surface area contributed by atoms with Crippen molar-refractivity contribution in [1.82, 2.24) is 4.98 Å². The Hall–Kier alpha value is -3.59. The number of aryl methyl sites for hydroxylation is 3. The van der Waals surface area contributed by atoms with Gasteiger partial charge in [0, 0.05) is 0 Å². The van der Waals surface area contributed by atoms with E-state index in [9.17, 15) is 14.7 Å². The molecule has 1 saturated heterocycles. The van der Waals surface area contributed by atoms with E-state index in [1.165, 1.54) is 36.5 Å². The van der Waals surface area contributed by atoms with Crippen molar-refractivity contribution in [3.63, 3.8) is 0 Å². The van der Waals surface area contributed by atoms with Gasteiger partial charge in [-0.2, -0.15) is 0 Å². The summed E-state index contributed by atoms with van der Waals surface area (Å²) < 4.78 is 11.6. The molecule has 39 heavy (non-hydrogen) atoms. The van der Waals surface area contributed by atoms with Gasteiger partial charge in [-0.1, -0.05) is 64.4 Å². The van der Waals surface area contributed by atoms with E-state index >= 15 is 0 Å². The topological polar surface area (TPSA) is 89.0 Å². The first-order valence-electron chi connectivity index (χ1n) is 11.9. The smallest absolute Gasteiger partial charge is 0.301 e. The summed E-state index contributed by atoms with van der Waals surface area (Å²) in [5.74, 6) is -1.94. The Morgan fingerprint density at radius 3 is 2.36 bits per heavy atom. The van der Waals surface area contributed by atoms with Gasteiger partial charge in [0.1, 0.15) is 10.8 Å². The Morgan fingerprint density at radius 1 is 1.00 bits per heavy atom. The van der Waals surface area contributed by atoms with E-state index in [2.05, 4.69) is 0 Å². The summed E-state index contributed by atoms with van der Waals surface area (Å²) in [6, 6.07) is 11.8. The Labute approximate surface area is 239 Å². The van der Waals surface area contributed by atoms with Crippen LogP contribution in [0.2, 0.25) is 10.0 Å². The number of hydrogen-bond acceptors (Lipinski definition) is 7. The molecule has 3 aromatic carbocycles. The lowest BCUT2D eigenvalue weighted by atomic mass is 9.94. The van der Waals surface area contributed by atoms with E-state index in [1.807, 2.05) is 51.1 Å². The SMILES string of the molecule is COc1c(Cl)cc(/C(O)=C2\C(=O)C(=O)N(c3nc4cc(C)c(C)cc4s3)C2c2cccc(C)c2)c(OC)c1Cl. The molecule has 1 aliphatic heterocycles. The first kappa shape index (κ1) is 27.0. The maximum atomic E-state index is 13.6. The quantitative estimate of drug-likeness (QED) is 0.152. The molecule has 0 aliphatic carbocycles. The molecule has 200 valence electrons. The number of carbonyl (C=O) groups is 2. The number of benzene rings is 3. The molecule has 1 unspecified atom stereocenters. The number of aromatic nitrogens is 1. The highest BCUT2D eigenvalue weighted by Crippen LogP contribution is 2.49. The van der Waals surface area contributed by atoms with Crippen LogP contribution in [0, 0.1) is 20.8 Å². The van der Waals surface area contributed by atoms with Crippen molar-refractivity contribution in [2.24, 2.45) is 0 Å². The maximum Gasteiger partial charge on any atom is 0.301 e. The van der Waals surface area contributed by atoms with Crippen LogP contribution < -0.4 is 14.4 Å². The molecule has 7 nitrogen and oxygen atoms in total. The third-order valence-corrected chi connectivity index (χ3v) is 8.44. The van der Waals surface area contributed by atoms with Gasteiger partial charge in [0.25, 0.3) is 5.78 Å². The van der Waals surface area contributed by atoms with Crippen molar-refractivity contribution in [2.45, 2.75) is 26.8 Å². The average molecular weight is 583 g/mol. The number of amides is 1. The van der Waals surface area contributed by atoms with E-state index in [-0.39, 0.29) is 32.7 Å². The van der Waals surface area contributed by atoms with Crippen molar-refractivity contribution in [1.29, 1.82) is 0 Å². The minimum Gasteiger partial charge on any atom is -0.507 e. The Morgan fingerprint density at radius 2 is 1.69 bits per heavy atom. The van der Waals surface area contributed by atoms with Gasteiger partial charge in [0.2, 0.25) is 0 Å². The van der Waals surface area contributed by atoms with E-state index in [0.29, 0.717) is 10.7 Å². The molecule has 1 aromatic heterocycles. The summed E-state index contributed by atoms with van der Waals surface area (Å²) in [6.45, 7) is 5.90. The Bertz CT molecular complexity index is 1670. The molecule has 10 heteroatoms. The van der Waals surface area contributed by atoms with Crippen LogP contribution in [0.3, 0.4) is 0 Å². The number of ketones is 1. The van der Waals surface area contributed by atoms with Crippen LogP contribution in [0.25, 0.3) is 16.0 Å². The molecule has 2 heterocycles. The second-order valence-corrected chi connectivity index (χ2v) is 11.1. The van der Waals surface area contributed by atoms with E-state index < -0.39 is 23.5 Å². The third-order valence-electron chi connectivity index (χ3n) is 6.80. The summed E-state index contributed by atoms with van der Waals surface area (Å²) in [6.07, 6.45) is 0. The van der Waals surface area contributed by atoms with Gasteiger partial charge < -0.3 is 14.6 Å². The molecule has 0 spiro atoms. The highest BCUT2D eigenvalue weighted by molar-refractivity contribution is 7.22. The van der Waals surface area contributed by atoms with Crippen molar-refractivity contribution in [2.75, 3.05) is 19.1 Å². The molecular formula is C29H24Cl2N2O5S. The lowest BCUT2D eigenvalue weighted by Gasteiger charge is -2.23. The number of nitrogens with zero attached hydrogens (tertiary/aromatic N) is 2. The second-order valence-electron chi connectivity index (χ2n) is 9.27. The van der Waals surface area contributed by atoms with Crippen molar-refractivity contribution in [3.8, 4) is 11.5 Å². The van der Waals surface area contributed by atoms with Crippen LogP contribution >= 0.6 is 34.5 Å². The summed E-state index contributed by atoms with van der Waals surface area (Å²) in [5, 5.41) is 12.1. The van der Waals surface area contributed by atoms with E-state index in [0.717, 1.165) is 26.9 Å². The summed E-state index contributed by atoms with van der Waals surface area (Å²) >= 11 is 14.2. The third kappa shape index (κ3) is 4.42. The molecule has 1 fully saturated rings. The van der Waals surface area contributed by atoms with Crippen LogP contribution in [0.1, 0.15) is 33.9 Å². The molecule has 5 rings (SSSR count). The summed E-state index contributed by atoms with van der Waals surface area (Å²) in [7, 11) is 2.77. The number of rotatable bonds is 5. The maximum absolute atomic E-state index is 13.6. The highest BCUT2D eigenvalue weighted by Gasteiger charge is 2.48. The number of fused-ring (bicyclic) bond motifs is 1. The van der Waals surface area contributed by atoms with Gasteiger partial charge in [-0.15, -0.1) is 0 Å². The number of anilines is 1. The monoisotopic (exact) mass is 582 g/mol. The molecular weight excluding hydrogens is 559 g/mol. The fourth-order valence-corrected chi connectivity index (χ4v) is 6.51. The van der Waals surface area contributed by atoms with Gasteiger partial charge in [-0.3, -0.25) is 14.5 Å². The van der Waals surface area contributed by atoms with E-state index in [4.69, 9.17) is 37.7 Å². The fourth-order valence-electron chi connectivity index (χ4n) is 4.75. The van der Waals surface area contributed by atoms with Gasteiger partial charge in [-0.05, 0) is 55.7 Å². The molecule has 1 atom stereocenters. The average Bonchev–Trinajstić information content (AvgIpc) is 3.41. The molecule has 1 N–H and O–H groups in total. The predicted octanol–water partition coefficient (Wildman–Crippen LogP) is 7.17. The zero-order chi connectivity index (χ0) is 28.2. The Kier molecular flexibility index (Phi) is 7.05. The number of aliphatic hydroxyl groups is 1. The number of thiazole rings is 1. The molecule has 0 bridgehead atoms. The minimum absolute atomic E-state index is 0.0206. The number of methoxy groups -OCH3 is 2. The zero-order valence-electron chi connectivity index (χ0n) is 21.8. The van der Waals surface area contributed by atoms with Gasteiger partial charge in [0.05, 0.1) is 46.6 Å². The zero-order valence-corrected chi connectivity index (χ0v) is 24.1. The van der Waals surface area contributed by atoms with Gasteiger partial charge in [-0.25, -0.2) is 4.98 Å². The summed E-state index contributed by atoms with van der Waals surface area (Å²) in [4.78, 5) is 33.3. The number of hydrogen-bond donors (Lipinski definition) is 1. The number of ether oxygens (including phenoxy) is 2. The van der Waals surface area contributed by atoms with Crippen LogP contribution in [0.5, 0.6) is 11.5 Å². The molecule has 0 saturated carbocycles. The molecule has 1 amide bonds. The van der Waals surface area contributed by atoms with Crippen molar-refractivity contribution in [3.05, 3.63) is 85.9 Å². The lowest BCUT2D eigenvalue weighted by Crippen LogP contribution is -2.29. The summed E-state index contributed by atoms with van der Waals surface area (Å²) in [5.41, 5.74) is 4.35. The van der Waals surface area contributed by atoms with Crippen molar-refractivity contribution < 1.29 is 24.2 Å². The normalized spacial score (nSPS) is 16.8. The van der Waals surface area contributed by atoms with Gasteiger partial charge in [0.15, 0.2) is 16.6 Å². The van der Waals surface area contributed by atoms with Crippen molar-refractivity contribution >= 4 is 67.3 Å². The number of aliphatic hydroxyl groups excluding tert-OH is 1. The standard InChI is InChI=1S/C29H24Cl2N2O5S/c1-13-7-6-8-16(9-13)23-21(24(34)17-12-18(30)27(38-5)22(31)26(17)37-4)25(35)28(36)33(23)29-32-19-10-14(2)15(3)11-20(19)39-29/h6-12,23,34H,1-5H3/b24-21+. The molecule has 0 radical (unpaired) electrons. The second kappa shape index (κ2) is 10.2. The fraction of sp³-hybridized carbons (Fsp3) is 0.207. The van der Waals surface area contributed by atoms with Crippen LogP contribution in [-0.4, -0.2) is 36.0 Å². The van der Waals surface area contributed by atoms with Crippen LogP contribution in [-0.2, 0) is 9.59 Å². The largest absolute Gasteiger partial charge is 0.507 e. The van der Waals surface area contributed by atoms with Crippen LogP contribution in [0.4, 0.5) is 5.13 Å². The predicted molar refractivity (Wildman–Crippen MR) is 155 cm³/mol. The first-order valence-corrected chi connectivity index (χ1v) is 13.5. The lowest BCUT2D eigenvalue weighted by molar-refractivity contribution is -0.132. The number of carbonyl (C=O) groups excluding carboxylic acids is 2. The first-order chi connectivity index (χ1) is 18.6. The minimum atomic E-state index is -0.961. The Balaban J connectivity index is 1.79. The molecule has 4 aromatic rings.